The second kappa shape index (κ2) is 8.18. The van der Waals surface area contributed by atoms with Crippen LogP contribution in [0, 0.1) is 13.8 Å². The second-order valence-corrected chi connectivity index (χ2v) is 8.39. The highest BCUT2D eigenvalue weighted by Crippen LogP contribution is 2.33. The van der Waals surface area contributed by atoms with E-state index < -0.39 is 5.76 Å². The highest BCUT2D eigenvalue weighted by atomic mass is 16.5. The molecule has 4 heterocycles. The number of H-pyrrole nitrogens is 1. The van der Waals surface area contributed by atoms with Gasteiger partial charge in [0.2, 0.25) is 5.82 Å². The minimum absolute atomic E-state index is 0.0560. The number of fused-ring (bicyclic) bond motifs is 1. The Morgan fingerprint density at radius 1 is 1.18 bits per heavy atom. The average molecular weight is 457 g/mol. The first-order valence-corrected chi connectivity index (χ1v) is 10.8. The van der Waals surface area contributed by atoms with E-state index in [-0.39, 0.29) is 17.3 Å². The van der Waals surface area contributed by atoms with Gasteiger partial charge in [0.1, 0.15) is 17.0 Å². The normalized spacial score (nSPS) is 12.2. The van der Waals surface area contributed by atoms with Gasteiger partial charge in [-0.25, -0.2) is 4.79 Å². The van der Waals surface area contributed by atoms with E-state index in [1.165, 1.54) is 0 Å². The molecule has 9 nitrogen and oxygen atoms in total. The summed E-state index contributed by atoms with van der Waals surface area (Å²) in [5.74, 6) is 0.121. The van der Waals surface area contributed by atoms with Crippen molar-refractivity contribution in [3.63, 3.8) is 0 Å². The molecule has 172 valence electrons. The van der Waals surface area contributed by atoms with Crippen molar-refractivity contribution >= 4 is 16.7 Å². The summed E-state index contributed by atoms with van der Waals surface area (Å²) in [6.45, 7) is 5.71. The fourth-order valence-corrected chi connectivity index (χ4v) is 4.16. The molecule has 1 aromatic carbocycles. The van der Waals surface area contributed by atoms with Gasteiger partial charge in [-0.1, -0.05) is 11.2 Å². The van der Waals surface area contributed by atoms with E-state index in [1.54, 1.807) is 19.2 Å². The van der Waals surface area contributed by atoms with Crippen LogP contribution in [0.3, 0.4) is 0 Å². The monoisotopic (exact) mass is 457 g/mol. The van der Waals surface area contributed by atoms with E-state index in [2.05, 4.69) is 25.0 Å². The molecule has 9 heteroatoms. The van der Waals surface area contributed by atoms with Crippen LogP contribution in [0.1, 0.15) is 29.7 Å². The van der Waals surface area contributed by atoms with Gasteiger partial charge in [0.25, 0.3) is 0 Å². The molecule has 5 aromatic rings. The van der Waals surface area contributed by atoms with Crippen molar-refractivity contribution in [2.45, 2.75) is 26.8 Å². The van der Waals surface area contributed by atoms with Gasteiger partial charge < -0.3 is 14.3 Å². The van der Waals surface area contributed by atoms with Crippen molar-refractivity contribution in [3.8, 4) is 22.8 Å². The Kier molecular flexibility index (Phi) is 5.16. The number of anilines is 1. The summed E-state index contributed by atoms with van der Waals surface area (Å²) in [7, 11) is 1.92. The lowest BCUT2D eigenvalue weighted by Crippen LogP contribution is -2.13. The number of aromatic amines is 1. The Morgan fingerprint density at radius 3 is 2.71 bits per heavy atom. The number of nitrogens with one attached hydrogen (secondary N) is 2. The van der Waals surface area contributed by atoms with E-state index in [4.69, 9.17) is 4.42 Å². The van der Waals surface area contributed by atoms with Crippen LogP contribution in [-0.4, -0.2) is 19.7 Å². The SMILES string of the molecule is Cc1cc([C@@H](C)Nc2cccnc2-c2noc(=O)[nH]2)c2oc(-c3ccn(C)c3)c(C)c(=O)c2c1. The zero-order chi connectivity index (χ0) is 24.0. The lowest BCUT2D eigenvalue weighted by molar-refractivity contribution is 0.388. The fourth-order valence-electron chi connectivity index (χ4n) is 4.16. The maximum atomic E-state index is 13.3. The van der Waals surface area contributed by atoms with E-state index in [0.717, 1.165) is 16.7 Å². The topological polar surface area (TPSA) is 119 Å². The number of hydrogen-bond acceptors (Lipinski definition) is 7. The smallest absolute Gasteiger partial charge is 0.439 e. The Bertz CT molecular complexity index is 1640. The third kappa shape index (κ3) is 3.71. The molecular weight excluding hydrogens is 434 g/mol. The van der Waals surface area contributed by atoms with Crippen molar-refractivity contribution in [3.05, 3.63) is 86.4 Å². The second-order valence-electron chi connectivity index (χ2n) is 8.39. The molecule has 0 aliphatic carbocycles. The standard InChI is InChI=1S/C25H23N5O4/c1-13-10-17(15(3)27-19-6-5-8-26-20(19)24-28-25(32)34-29-24)23-18(11-13)21(31)14(2)22(33-23)16-7-9-30(4)12-16/h5-12,15,27H,1-4H3,(H,28,29,32)/t15-/m1/s1. The molecule has 0 saturated carbocycles. The predicted octanol–water partition coefficient (Wildman–Crippen LogP) is 4.33. The summed E-state index contributed by atoms with van der Waals surface area (Å²) in [6.07, 6.45) is 5.44. The van der Waals surface area contributed by atoms with Crippen LogP contribution in [0.15, 0.2) is 67.5 Å². The van der Waals surface area contributed by atoms with Gasteiger partial charge in [-0.15, -0.1) is 0 Å². The molecule has 34 heavy (non-hydrogen) atoms. The minimum atomic E-state index is -0.657. The van der Waals surface area contributed by atoms with Crippen LogP contribution in [0.5, 0.6) is 0 Å². The van der Waals surface area contributed by atoms with Gasteiger partial charge in [0.05, 0.1) is 17.1 Å². The molecule has 5 rings (SSSR count). The summed E-state index contributed by atoms with van der Waals surface area (Å²) in [5, 5.41) is 7.71. The predicted molar refractivity (Wildman–Crippen MR) is 129 cm³/mol. The van der Waals surface area contributed by atoms with Crippen molar-refractivity contribution in [2.75, 3.05) is 5.32 Å². The molecule has 0 unspecified atom stereocenters. The molecular formula is C25H23N5O4. The highest BCUT2D eigenvalue weighted by Gasteiger charge is 2.20. The maximum Gasteiger partial charge on any atom is 0.439 e. The van der Waals surface area contributed by atoms with Gasteiger partial charge in [-0.05, 0) is 50.6 Å². The summed E-state index contributed by atoms with van der Waals surface area (Å²) < 4.78 is 12.9. The number of rotatable bonds is 5. The molecule has 0 aliphatic heterocycles. The van der Waals surface area contributed by atoms with Crippen LogP contribution in [0.4, 0.5) is 5.69 Å². The van der Waals surface area contributed by atoms with Gasteiger partial charge >= 0.3 is 5.76 Å². The molecule has 1 atom stereocenters. The van der Waals surface area contributed by atoms with Gasteiger partial charge in [-0.2, -0.15) is 0 Å². The lowest BCUT2D eigenvalue weighted by Gasteiger charge is -2.19. The van der Waals surface area contributed by atoms with Gasteiger partial charge in [0, 0.05) is 42.3 Å². The van der Waals surface area contributed by atoms with Crippen LogP contribution in [0.25, 0.3) is 33.8 Å². The summed E-state index contributed by atoms with van der Waals surface area (Å²) >= 11 is 0. The quantitative estimate of drug-likeness (QED) is 0.403. The molecule has 0 amide bonds. The summed E-state index contributed by atoms with van der Waals surface area (Å²) in [5.41, 5.74) is 4.75. The highest BCUT2D eigenvalue weighted by molar-refractivity contribution is 5.85. The molecule has 0 fully saturated rings. The zero-order valence-electron chi connectivity index (χ0n) is 19.2. The number of aromatic nitrogens is 4. The Morgan fingerprint density at radius 2 is 2.00 bits per heavy atom. The first kappa shape index (κ1) is 21.4. The molecule has 0 aliphatic rings. The zero-order valence-corrected chi connectivity index (χ0v) is 19.2. The average Bonchev–Trinajstić information content (AvgIpc) is 3.44. The number of hydrogen-bond donors (Lipinski definition) is 2. The molecule has 0 saturated heterocycles. The molecule has 4 aromatic heterocycles. The summed E-state index contributed by atoms with van der Waals surface area (Å²) in [4.78, 5) is 31.6. The molecule has 2 N–H and O–H groups in total. The number of aryl methyl sites for hydroxylation is 2. The molecule has 0 radical (unpaired) electrons. The molecule has 0 spiro atoms. The Labute approximate surface area is 194 Å². The van der Waals surface area contributed by atoms with Gasteiger partial charge in [-0.3, -0.25) is 19.3 Å². The van der Waals surface area contributed by atoms with Crippen LogP contribution < -0.4 is 16.5 Å². The third-order valence-electron chi connectivity index (χ3n) is 5.80. The molecule has 0 bridgehead atoms. The Balaban J connectivity index is 1.64. The minimum Gasteiger partial charge on any atom is -0.455 e. The lowest BCUT2D eigenvalue weighted by atomic mass is 9.99. The van der Waals surface area contributed by atoms with E-state index in [1.807, 2.05) is 62.1 Å². The van der Waals surface area contributed by atoms with Crippen molar-refractivity contribution < 1.29 is 8.94 Å². The van der Waals surface area contributed by atoms with Crippen molar-refractivity contribution in [1.82, 2.24) is 19.7 Å². The fraction of sp³-hybridized carbons (Fsp3) is 0.200. The van der Waals surface area contributed by atoms with E-state index in [9.17, 15) is 9.59 Å². The van der Waals surface area contributed by atoms with Crippen LogP contribution in [0.2, 0.25) is 0 Å². The number of nitrogens with zero attached hydrogens (tertiary/aromatic N) is 3. The van der Waals surface area contributed by atoms with E-state index in [0.29, 0.717) is 33.7 Å². The van der Waals surface area contributed by atoms with E-state index >= 15 is 0 Å². The summed E-state index contributed by atoms with van der Waals surface area (Å²) in [6, 6.07) is 9.13. The van der Waals surface area contributed by atoms with Crippen molar-refractivity contribution in [1.29, 1.82) is 0 Å². The third-order valence-corrected chi connectivity index (χ3v) is 5.80. The first-order chi connectivity index (χ1) is 16.3. The van der Waals surface area contributed by atoms with Gasteiger partial charge in [0.15, 0.2) is 5.43 Å². The van der Waals surface area contributed by atoms with Crippen LogP contribution in [-0.2, 0) is 7.05 Å². The first-order valence-electron chi connectivity index (χ1n) is 10.8. The number of pyridine rings is 1. The Hall–Kier alpha value is -4.40. The maximum absolute atomic E-state index is 13.3. The number of benzene rings is 1. The van der Waals surface area contributed by atoms with Crippen LogP contribution >= 0.6 is 0 Å². The largest absolute Gasteiger partial charge is 0.455 e. The van der Waals surface area contributed by atoms with Crippen molar-refractivity contribution in [2.24, 2.45) is 7.05 Å².